The van der Waals surface area contributed by atoms with Crippen molar-refractivity contribution >= 4 is 61.9 Å². The number of rotatable bonds is 4. The van der Waals surface area contributed by atoms with Crippen molar-refractivity contribution in [2.45, 2.75) is 48.3 Å². The van der Waals surface area contributed by atoms with Gasteiger partial charge in [0.05, 0.1) is 5.39 Å². The van der Waals surface area contributed by atoms with Crippen LogP contribution in [0.4, 0.5) is 16.9 Å². The van der Waals surface area contributed by atoms with Crippen LogP contribution >= 0.6 is 11.3 Å². The number of hydrogen-bond acceptors (Lipinski definition) is 2. The van der Waals surface area contributed by atoms with Crippen LogP contribution in [0.5, 0.6) is 0 Å². The van der Waals surface area contributed by atoms with Crippen LogP contribution in [0.1, 0.15) is 36.5 Å². The number of halogens is 6. The molecule has 0 saturated carbocycles. The third-order valence-corrected chi connectivity index (χ3v) is 9.54. The maximum absolute atomic E-state index is 14.0. The SMILES string of the molecule is Cc1ccc([S+](c2ccc(C)cc2)c2c(C(C)C)ccc3sc4ccccc4c(=O)c23)cc1.[F][Sb-]([F])([F])([F])([F])[F]. The summed E-state index contributed by atoms with van der Waals surface area (Å²) < 4.78 is 61.7. The van der Waals surface area contributed by atoms with Crippen LogP contribution in [0, 0.1) is 13.8 Å². The second kappa shape index (κ2) is 10.4. The second-order valence-electron chi connectivity index (χ2n) is 9.83. The summed E-state index contributed by atoms with van der Waals surface area (Å²) in [5, 5.41) is 1.70. The first-order chi connectivity index (χ1) is 18.4. The van der Waals surface area contributed by atoms with Gasteiger partial charge in [0.2, 0.25) is 5.43 Å². The van der Waals surface area contributed by atoms with Gasteiger partial charge in [0.15, 0.2) is 14.7 Å². The molecule has 10 heteroatoms. The van der Waals surface area contributed by atoms with Gasteiger partial charge in [0, 0.05) is 20.3 Å². The zero-order chi connectivity index (χ0) is 29.5. The van der Waals surface area contributed by atoms with Gasteiger partial charge in [-0.3, -0.25) is 4.79 Å². The molecule has 1 heterocycles. The van der Waals surface area contributed by atoms with Crippen molar-refractivity contribution in [2.24, 2.45) is 0 Å². The van der Waals surface area contributed by atoms with E-state index in [1.54, 1.807) is 11.3 Å². The number of aryl methyl sites for hydroxylation is 2. The molecule has 0 bridgehead atoms. The summed E-state index contributed by atoms with van der Waals surface area (Å²) >= 11 is -9.53. The molecule has 0 fully saturated rings. The van der Waals surface area contributed by atoms with E-state index in [0.29, 0.717) is 5.92 Å². The fourth-order valence-electron chi connectivity index (χ4n) is 4.27. The summed E-state index contributed by atoms with van der Waals surface area (Å²) in [7, 11) is -0.384. The van der Waals surface area contributed by atoms with Gasteiger partial charge in [-0.25, -0.2) is 0 Å². The van der Waals surface area contributed by atoms with E-state index < -0.39 is 19.5 Å². The fraction of sp³-hybridized carbons (Fsp3) is 0.167. The Kier molecular flexibility index (Phi) is 7.93. The van der Waals surface area contributed by atoms with Crippen molar-refractivity contribution in [3.63, 3.8) is 0 Å². The molecule has 0 aliphatic heterocycles. The molecule has 0 spiro atoms. The first-order valence-electron chi connectivity index (χ1n) is 12.3. The molecular weight excluding hydrogens is 676 g/mol. The topological polar surface area (TPSA) is 17.1 Å². The monoisotopic (exact) mass is 702 g/mol. The van der Waals surface area contributed by atoms with E-state index in [2.05, 4.69) is 94.4 Å². The van der Waals surface area contributed by atoms with Gasteiger partial charge >= 0.3 is 36.4 Å². The molecule has 5 aromatic rings. The Morgan fingerprint density at radius 1 is 0.675 bits per heavy atom. The number of hydrogen-bond donors (Lipinski definition) is 0. The standard InChI is InChI=1S/C30H27OS2.6FH.Sb/c1-19(2)24-17-18-27-28(29(31)25-7-5-6-8-26(25)32-27)30(24)33(22-13-9-20(3)10-14-22)23-15-11-21(4)12-16-23;;;;;;;/h5-19H,1-4H3;6*1H;/q+1;;;;;;;+5/p-6. The van der Waals surface area contributed by atoms with E-state index in [9.17, 15) is 21.7 Å². The van der Waals surface area contributed by atoms with Crippen LogP contribution in [0.3, 0.4) is 0 Å². The molecule has 0 aliphatic rings. The number of benzene rings is 4. The van der Waals surface area contributed by atoms with Crippen molar-refractivity contribution in [3.8, 4) is 0 Å². The van der Waals surface area contributed by atoms with E-state index in [4.69, 9.17) is 0 Å². The maximum atomic E-state index is 14.0. The Hall–Kier alpha value is -2.48. The van der Waals surface area contributed by atoms with Crippen molar-refractivity contribution in [1.29, 1.82) is 0 Å². The quantitative estimate of drug-likeness (QED) is 0.0789. The van der Waals surface area contributed by atoms with Gasteiger partial charge < -0.3 is 0 Å². The van der Waals surface area contributed by atoms with Crippen molar-refractivity contribution in [3.05, 3.63) is 112 Å². The molecule has 0 saturated heterocycles. The second-order valence-corrected chi connectivity index (χ2v) is 18.3. The van der Waals surface area contributed by atoms with E-state index >= 15 is 0 Å². The average Bonchev–Trinajstić information content (AvgIpc) is 2.84. The molecule has 5 rings (SSSR count). The van der Waals surface area contributed by atoms with Crippen LogP contribution < -0.4 is 5.43 Å². The van der Waals surface area contributed by atoms with E-state index in [1.807, 2.05) is 18.2 Å². The Labute approximate surface area is 237 Å². The average molecular weight is 703 g/mol. The predicted octanol–water partition coefficient (Wildman–Crippen LogP) is 10.4. The van der Waals surface area contributed by atoms with E-state index in [1.165, 1.54) is 31.4 Å². The van der Waals surface area contributed by atoms with Crippen molar-refractivity contribution < 1.29 is 16.9 Å². The Bertz CT molecular complexity index is 1690. The molecule has 1 aromatic heterocycles. The Morgan fingerprint density at radius 3 is 1.62 bits per heavy atom. The normalized spacial score (nSPS) is 13.7. The van der Waals surface area contributed by atoms with Crippen molar-refractivity contribution in [2.75, 3.05) is 0 Å². The molecule has 0 N–H and O–H groups in total. The molecule has 0 unspecified atom stereocenters. The first kappa shape index (κ1) is 30.5. The molecular formula is C30H27F6OS2Sb. The van der Waals surface area contributed by atoms with Crippen LogP contribution in [0.15, 0.2) is 104 Å². The zero-order valence-electron chi connectivity index (χ0n) is 22.1. The summed E-state index contributed by atoms with van der Waals surface area (Å²) in [6.45, 7) is 8.69. The molecule has 0 aliphatic carbocycles. The van der Waals surface area contributed by atoms with Gasteiger partial charge in [0.25, 0.3) is 0 Å². The van der Waals surface area contributed by atoms with Gasteiger partial charge in [-0.1, -0.05) is 67.4 Å². The van der Waals surface area contributed by atoms with Crippen LogP contribution in [-0.2, 0) is 10.9 Å². The summed E-state index contributed by atoms with van der Waals surface area (Å²) in [6.07, 6.45) is 0. The minimum absolute atomic E-state index is 0.147. The summed E-state index contributed by atoms with van der Waals surface area (Å²) in [5.41, 5.74) is 3.89. The third-order valence-electron chi connectivity index (χ3n) is 6.07. The molecule has 40 heavy (non-hydrogen) atoms. The fourth-order valence-corrected chi connectivity index (χ4v) is 7.93. The zero-order valence-corrected chi connectivity index (χ0v) is 26.3. The van der Waals surface area contributed by atoms with Crippen LogP contribution in [0.25, 0.3) is 20.2 Å². The summed E-state index contributed by atoms with van der Waals surface area (Å²) in [6, 6.07) is 30.0. The van der Waals surface area contributed by atoms with Gasteiger partial charge in [-0.2, -0.15) is 0 Å². The molecule has 4 aromatic carbocycles. The van der Waals surface area contributed by atoms with Crippen molar-refractivity contribution in [1.82, 2.24) is 0 Å². The number of fused-ring (bicyclic) bond motifs is 2. The summed E-state index contributed by atoms with van der Waals surface area (Å²) in [5.74, 6) is 0.311. The minimum atomic E-state index is -11.2. The first-order valence-corrected chi connectivity index (χ1v) is 20.1. The van der Waals surface area contributed by atoms with Gasteiger partial charge in [0.1, 0.15) is 10.9 Å². The van der Waals surface area contributed by atoms with E-state index in [-0.39, 0.29) is 16.3 Å². The molecule has 1 nitrogen and oxygen atoms in total. The van der Waals surface area contributed by atoms with E-state index in [0.717, 1.165) is 20.2 Å². The van der Waals surface area contributed by atoms with Crippen LogP contribution in [0.2, 0.25) is 0 Å². The van der Waals surface area contributed by atoms with Crippen LogP contribution in [-0.4, -0.2) is 19.5 Å². The van der Waals surface area contributed by atoms with Gasteiger partial charge in [-0.05, 0) is 62.2 Å². The molecule has 0 radical (unpaired) electrons. The van der Waals surface area contributed by atoms with Gasteiger partial charge in [-0.15, -0.1) is 11.3 Å². The predicted molar refractivity (Wildman–Crippen MR) is 157 cm³/mol. The molecule has 212 valence electrons. The molecule has 0 amide bonds. The Balaban J connectivity index is 0.000000470. The third kappa shape index (κ3) is 7.83. The Morgan fingerprint density at radius 2 is 1.15 bits per heavy atom. The molecule has 0 atom stereocenters. The summed E-state index contributed by atoms with van der Waals surface area (Å²) in [4.78, 5) is 17.6.